The van der Waals surface area contributed by atoms with Gasteiger partial charge in [-0.2, -0.15) is 0 Å². The van der Waals surface area contributed by atoms with Gasteiger partial charge >= 0.3 is 11.9 Å². The summed E-state index contributed by atoms with van der Waals surface area (Å²) in [4.78, 5) is 35.5. The number of allylic oxidation sites excluding steroid dienone is 2. The zero-order chi connectivity index (χ0) is 38.4. The number of nitrogens with two attached hydrogens (primary N) is 1. The lowest BCUT2D eigenvalue weighted by Crippen LogP contribution is -2.75. The summed E-state index contributed by atoms with van der Waals surface area (Å²) in [6, 6.07) is 6.80. The summed E-state index contributed by atoms with van der Waals surface area (Å²) < 4.78 is 14.0. The van der Waals surface area contributed by atoms with Gasteiger partial charge in [-0.3, -0.25) is 9.69 Å². The zero-order valence-electron chi connectivity index (χ0n) is 34.5. The molecular formula is C49H67N3O4. The van der Waals surface area contributed by atoms with Crippen molar-refractivity contribution in [1.82, 2.24) is 9.80 Å². The minimum absolute atomic E-state index is 0.101. The Balaban J connectivity index is 1.18. The molecule has 3 saturated heterocycles. The van der Waals surface area contributed by atoms with Crippen molar-refractivity contribution >= 4 is 11.9 Å². The first-order chi connectivity index (χ1) is 27.2. The van der Waals surface area contributed by atoms with E-state index >= 15 is 4.79 Å². The fraction of sp³-hybridized carbons (Fsp3) is 0.714. The van der Waals surface area contributed by atoms with Crippen LogP contribution in [0, 0.1) is 52.3 Å². The van der Waals surface area contributed by atoms with Crippen molar-refractivity contribution in [3.63, 3.8) is 0 Å². The summed E-state index contributed by atoms with van der Waals surface area (Å²) in [6.45, 7) is 12.2. The number of esters is 2. The van der Waals surface area contributed by atoms with Crippen LogP contribution in [0.25, 0.3) is 0 Å². The van der Waals surface area contributed by atoms with Gasteiger partial charge in [0.25, 0.3) is 0 Å². The lowest BCUT2D eigenvalue weighted by atomic mass is 9.31. The molecule has 11 atom stereocenters. The molecule has 302 valence electrons. The molecule has 2 spiro atoms. The van der Waals surface area contributed by atoms with Crippen LogP contribution in [0.2, 0.25) is 0 Å². The minimum atomic E-state index is -0.950. The predicted molar refractivity (Wildman–Crippen MR) is 219 cm³/mol. The van der Waals surface area contributed by atoms with E-state index in [0.29, 0.717) is 42.2 Å². The first-order valence-corrected chi connectivity index (χ1v) is 23.1. The van der Waals surface area contributed by atoms with Gasteiger partial charge in [0.2, 0.25) is 0 Å². The number of nitrogens with zero attached hydrogens (tertiary/aromatic N) is 2. The van der Waals surface area contributed by atoms with Gasteiger partial charge in [0.1, 0.15) is 11.2 Å². The summed E-state index contributed by atoms with van der Waals surface area (Å²) >= 11 is 0. The molecule has 13 rings (SSSR count). The summed E-state index contributed by atoms with van der Waals surface area (Å²) in [7, 11) is 0. The fourth-order valence-electron chi connectivity index (χ4n) is 14.6. The van der Waals surface area contributed by atoms with Crippen molar-refractivity contribution in [2.45, 2.75) is 135 Å². The second-order valence-electron chi connectivity index (χ2n) is 20.3. The Morgan fingerprint density at radius 2 is 1.80 bits per heavy atom. The Bertz CT molecular complexity index is 1830. The SMILES string of the molecule is CC[C@H](C)C[C@@H]1[C@@]2(OC(=O)c3c(CCCN)cccc32)[C@@]23CCC4=C[C@@]12C(=O)O/C3=C\C[C@@H](CC1CCCCC1)N1C[C@@H]2C[C@@H](CN(C2)C2=CC[C@H](C)C[C@@H]42)C1. The molecule has 4 aliphatic carbocycles. The molecule has 7 nitrogen and oxygen atoms in total. The van der Waals surface area contributed by atoms with Crippen molar-refractivity contribution in [2.24, 2.45) is 58.0 Å². The number of carbonyl (C=O) groups is 2. The lowest BCUT2D eigenvalue weighted by Gasteiger charge is -2.69. The third kappa shape index (κ3) is 5.33. The van der Waals surface area contributed by atoms with Gasteiger partial charge < -0.3 is 20.1 Å². The predicted octanol–water partition coefficient (Wildman–Crippen LogP) is 9.07. The maximum absolute atomic E-state index is 15.3. The highest BCUT2D eigenvalue weighted by atomic mass is 16.6. The number of hydrogen-bond acceptors (Lipinski definition) is 7. The quantitative estimate of drug-likeness (QED) is 0.209. The molecule has 2 N–H and O–H groups in total. The highest BCUT2D eigenvalue weighted by molar-refractivity contribution is 5.99. The molecule has 12 aliphatic rings. The molecule has 1 unspecified atom stereocenters. The number of rotatable bonds is 8. The number of benzene rings is 1. The Morgan fingerprint density at radius 1 is 1.00 bits per heavy atom. The number of fused-ring (bicyclic) bond motifs is 2. The van der Waals surface area contributed by atoms with Crippen molar-refractivity contribution in [3.05, 3.63) is 70.1 Å². The van der Waals surface area contributed by atoms with E-state index in [9.17, 15) is 4.79 Å². The zero-order valence-corrected chi connectivity index (χ0v) is 34.5. The molecule has 1 aromatic carbocycles. The average molecular weight is 762 g/mol. The second-order valence-corrected chi connectivity index (χ2v) is 20.3. The van der Waals surface area contributed by atoms with Gasteiger partial charge in [0, 0.05) is 55.3 Å². The molecule has 8 heterocycles. The first kappa shape index (κ1) is 37.4. The van der Waals surface area contributed by atoms with Gasteiger partial charge in [-0.15, -0.1) is 0 Å². The summed E-state index contributed by atoms with van der Waals surface area (Å²) in [5, 5.41) is 0. The van der Waals surface area contributed by atoms with Crippen LogP contribution in [0.15, 0.2) is 53.5 Å². The topological polar surface area (TPSA) is 85.1 Å². The van der Waals surface area contributed by atoms with E-state index < -0.39 is 16.4 Å². The molecule has 7 heteroatoms. The highest BCUT2D eigenvalue weighted by Gasteiger charge is 2.91. The average Bonchev–Trinajstić information content (AvgIpc) is 3.65. The van der Waals surface area contributed by atoms with Gasteiger partial charge in [-0.1, -0.05) is 95.2 Å². The fourth-order valence-corrected chi connectivity index (χ4v) is 14.6. The molecular weight excluding hydrogens is 695 g/mol. The van der Waals surface area contributed by atoms with Gasteiger partial charge in [0.05, 0.1) is 11.0 Å². The van der Waals surface area contributed by atoms with Crippen molar-refractivity contribution in [2.75, 3.05) is 32.7 Å². The molecule has 8 aliphatic heterocycles. The van der Waals surface area contributed by atoms with E-state index in [0.717, 1.165) is 112 Å². The van der Waals surface area contributed by atoms with Crippen LogP contribution in [0.3, 0.4) is 0 Å². The van der Waals surface area contributed by atoms with Crippen molar-refractivity contribution in [1.29, 1.82) is 0 Å². The smallest absolute Gasteiger partial charge is 0.339 e. The molecule has 8 bridgehead atoms. The van der Waals surface area contributed by atoms with Crippen LogP contribution in [-0.2, 0) is 26.3 Å². The third-order valence-electron chi connectivity index (χ3n) is 17.1. The summed E-state index contributed by atoms with van der Waals surface area (Å²) in [5.74, 6) is 3.69. The second kappa shape index (κ2) is 14.1. The minimum Gasteiger partial charge on any atom is -0.449 e. The maximum atomic E-state index is 15.3. The number of carbonyl (C=O) groups excluding carboxylic acids is 2. The largest absolute Gasteiger partial charge is 0.449 e. The summed E-state index contributed by atoms with van der Waals surface area (Å²) in [5.41, 5.74) is 9.15. The lowest BCUT2D eigenvalue weighted by molar-refractivity contribution is -0.274. The molecule has 56 heavy (non-hydrogen) atoms. The number of hydrogen-bond donors (Lipinski definition) is 1. The first-order valence-electron chi connectivity index (χ1n) is 23.1. The van der Waals surface area contributed by atoms with E-state index in [1.165, 1.54) is 56.2 Å². The molecule has 0 radical (unpaired) electrons. The van der Waals surface area contributed by atoms with Crippen molar-refractivity contribution in [3.8, 4) is 0 Å². The van der Waals surface area contributed by atoms with E-state index in [1.54, 1.807) is 0 Å². The van der Waals surface area contributed by atoms with Crippen LogP contribution in [0.5, 0.6) is 0 Å². The molecule has 5 fully saturated rings. The number of ether oxygens (including phenoxy) is 2. The van der Waals surface area contributed by atoms with Crippen LogP contribution in [0.1, 0.15) is 139 Å². The summed E-state index contributed by atoms with van der Waals surface area (Å²) in [6.07, 6.45) is 24.9. The Kier molecular flexibility index (Phi) is 9.43. The number of piperidine rings is 2. The molecule has 0 amide bonds. The van der Waals surface area contributed by atoms with E-state index in [2.05, 4.69) is 67.0 Å². The van der Waals surface area contributed by atoms with Crippen LogP contribution >= 0.6 is 0 Å². The Hall–Kier alpha value is -2.90. The maximum Gasteiger partial charge on any atom is 0.339 e. The van der Waals surface area contributed by atoms with Gasteiger partial charge in [0.15, 0.2) is 5.60 Å². The van der Waals surface area contributed by atoms with Crippen molar-refractivity contribution < 1.29 is 19.1 Å². The van der Waals surface area contributed by atoms with Gasteiger partial charge in [-0.05, 0) is 112 Å². The Morgan fingerprint density at radius 3 is 2.57 bits per heavy atom. The normalized spacial score (nSPS) is 41.3. The molecule has 2 saturated carbocycles. The van der Waals surface area contributed by atoms with E-state index in [1.807, 2.05) is 0 Å². The Labute approximate surface area is 335 Å². The molecule has 1 aromatic rings. The third-order valence-corrected chi connectivity index (χ3v) is 17.1. The monoisotopic (exact) mass is 762 g/mol. The van der Waals surface area contributed by atoms with Gasteiger partial charge in [-0.25, -0.2) is 4.79 Å². The standard InChI is InChI=1S/C49H67N3O4/c1-4-31(2)23-42-47-26-37-19-20-48(47,49(42)40-14-8-12-36(13-9-21-50)44(40)45(53)56-49)43(55-46(47)54)18-16-38(25-33-10-6-5-7-11-33)51-27-34-24-35(28-51)30-52(29-34)41-17-15-32(3)22-39(37)41/h8,12,14,17-18,26,31-35,38-39,42H,4-7,9-11,13,15-16,19-25,27-30,50H2,1-3H3/b43-18-/t31-,32-,34-,35+,38-,39-,42-,47-,48+,49+/m0/s1. The van der Waals surface area contributed by atoms with E-state index in [-0.39, 0.29) is 17.9 Å². The highest BCUT2D eigenvalue weighted by Crippen LogP contribution is 2.84. The van der Waals surface area contributed by atoms with Crippen LogP contribution in [-0.4, -0.2) is 60.5 Å². The van der Waals surface area contributed by atoms with E-state index in [4.69, 9.17) is 15.2 Å². The number of aryl methyl sites for hydroxylation is 1. The van der Waals surface area contributed by atoms with Crippen LogP contribution < -0.4 is 5.73 Å². The van der Waals surface area contributed by atoms with Crippen LogP contribution in [0.4, 0.5) is 0 Å². The molecule has 0 aromatic heterocycles.